The van der Waals surface area contributed by atoms with Crippen molar-refractivity contribution in [2.45, 2.75) is 44.9 Å². The summed E-state index contributed by atoms with van der Waals surface area (Å²) in [5.41, 5.74) is 0.680. The average Bonchev–Trinajstić information content (AvgIpc) is 2.61. The second kappa shape index (κ2) is 4.19. The minimum Gasteiger partial charge on any atom is -0.389 e. The zero-order chi connectivity index (χ0) is 11.8. The van der Waals surface area contributed by atoms with E-state index in [0.717, 1.165) is 6.42 Å². The first-order valence-electron chi connectivity index (χ1n) is 6.02. The Balaban J connectivity index is 2.15. The van der Waals surface area contributed by atoms with Gasteiger partial charge in [0.05, 0.1) is 5.60 Å². The van der Waals surface area contributed by atoms with Crippen molar-refractivity contribution >= 4 is 0 Å². The smallest absolute Gasteiger partial charge is 0.0744 e. The molecule has 1 aliphatic rings. The molecule has 1 saturated heterocycles. The maximum Gasteiger partial charge on any atom is 0.0744 e. The fourth-order valence-corrected chi connectivity index (χ4v) is 2.53. The number of nitrogens with one attached hydrogen (secondary N) is 1. The van der Waals surface area contributed by atoms with Crippen molar-refractivity contribution in [3.63, 3.8) is 0 Å². The van der Waals surface area contributed by atoms with Gasteiger partial charge in [-0.15, -0.1) is 0 Å². The molecule has 0 saturated carbocycles. The molecule has 16 heavy (non-hydrogen) atoms. The Hall–Kier alpha value is -0.860. The van der Waals surface area contributed by atoms with Gasteiger partial charge in [-0.25, -0.2) is 0 Å². The molecule has 2 nitrogen and oxygen atoms in total. The monoisotopic (exact) mass is 219 g/mol. The molecular weight excluding hydrogens is 198 g/mol. The molecular formula is C14H21NO. The Morgan fingerprint density at radius 2 is 1.88 bits per heavy atom. The Morgan fingerprint density at radius 1 is 1.25 bits per heavy atom. The molecule has 0 spiro atoms. The lowest BCUT2D eigenvalue weighted by atomic mass is 9.92. The first-order valence-corrected chi connectivity index (χ1v) is 6.02. The van der Waals surface area contributed by atoms with Gasteiger partial charge >= 0.3 is 0 Å². The molecule has 0 aliphatic carbocycles. The van der Waals surface area contributed by atoms with Crippen molar-refractivity contribution in [2.24, 2.45) is 5.92 Å². The highest BCUT2D eigenvalue weighted by Gasteiger charge is 2.38. The van der Waals surface area contributed by atoms with Crippen LogP contribution in [0, 0.1) is 5.92 Å². The van der Waals surface area contributed by atoms with Crippen LogP contribution in [0.25, 0.3) is 0 Å². The van der Waals surface area contributed by atoms with Gasteiger partial charge in [0.2, 0.25) is 0 Å². The molecule has 2 rings (SSSR count). The largest absolute Gasteiger partial charge is 0.389 e. The number of hydrogen-bond acceptors (Lipinski definition) is 2. The van der Waals surface area contributed by atoms with E-state index in [2.05, 4.69) is 36.5 Å². The van der Waals surface area contributed by atoms with Crippen LogP contribution in [0.4, 0.5) is 0 Å². The molecule has 1 aromatic carbocycles. The van der Waals surface area contributed by atoms with Crippen molar-refractivity contribution in [3.8, 4) is 0 Å². The Morgan fingerprint density at radius 3 is 2.38 bits per heavy atom. The number of hydrogen-bond donors (Lipinski definition) is 2. The summed E-state index contributed by atoms with van der Waals surface area (Å²) in [6.07, 6.45) is 1.03. The van der Waals surface area contributed by atoms with Gasteiger partial charge in [-0.2, -0.15) is 0 Å². The van der Waals surface area contributed by atoms with Crippen LogP contribution in [0.2, 0.25) is 0 Å². The van der Waals surface area contributed by atoms with Gasteiger partial charge in [0.25, 0.3) is 0 Å². The zero-order valence-corrected chi connectivity index (χ0v) is 10.3. The summed E-state index contributed by atoms with van der Waals surface area (Å²) in [4.78, 5) is 0. The highest BCUT2D eigenvalue weighted by atomic mass is 16.3. The first kappa shape index (κ1) is 11.6. The molecule has 0 radical (unpaired) electrons. The Labute approximate surface area is 97.7 Å². The van der Waals surface area contributed by atoms with Gasteiger partial charge in [-0.3, -0.25) is 0 Å². The van der Waals surface area contributed by atoms with Crippen molar-refractivity contribution in [1.82, 2.24) is 5.32 Å². The molecule has 2 N–H and O–H groups in total. The molecule has 1 heterocycles. The molecule has 2 heteroatoms. The van der Waals surface area contributed by atoms with Crippen LogP contribution < -0.4 is 5.32 Å². The van der Waals surface area contributed by atoms with E-state index in [1.165, 1.54) is 5.56 Å². The minimum atomic E-state index is -0.641. The average molecular weight is 219 g/mol. The zero-order valence-electron chi connectivity index (χ0n) is 10.3. The van der Waals surface area contributed by atoms with E-state index in [0.29, 0.717) is 12.0 Å². The molecule has 1 aliphatic heterocycles. The van der Waals surface area contributed by atoms with Crippen molar-refractivity contribution in [3.05, 3.63) is 35.9 Å². The van der Waals surface area contributed by atoms with Crippen molar-refractivity contribution in [1.29, 1.82) is 0 Å². The van der Waals surface area contributed by atoms with Crippen LogP contribution in [0.1, 0.15) is 38.8 Å². The van der Waals surface area contributed by atoms with E-state index < -0.39 is 5.60 Å². The molecule has 3 atom stereocenters. The molecule has 0 aromatic heterocycles. The maximum atomic E-state index is 10.0. The molecule has 1 unspecified atom stereocenters. The molecule has 1 fully saturated rings. The highest BCUT2D eigenvalue weighted by molar-refractivity contribution is 5.21. The summed E-state index contributed by atoms with van der Waals surface area (Å²) < 4.78 is 0. The van der Waals surface area contributed by atoms with Gasteiger partial charge in [0.15, 0.2) is 0 Å². The predicted molar refractivity (Wildman–Crippen MR) is 66.2 cm³/mol. The summed E-state index contributed by atoms with van der Waals surface area (Å²) in [7, 11) is 0. The highest BCUT2D eigenvalue weighted by Crippen LogP contribution is 2.35. The van der Waals surface area contributed by atoms with Crippen LogP contribution in [0.5, 0.6) is 0 Å². The normalized spacial score (nSPS) is 30.6. The lowest BCUT2D eigenvalue weighted by Gasteiger charge is -2.26. The molecule has 88 valence electrons. The minimum absolute atomic E-state index is 0.188. The SMILES string of the molecule is C[C@H]1CC(C(C)(C)O)N[C@@H]1c1ccccc1. The molecule has 0 amide bonds. The van der Waals surface area contributed by atoms with Crippen LogP contribution >= 0.6 is 0 Å². The van der Waals surface area contributed by atoms with E-state index >= 15 is 0 Å². The van der Waals surface area contributed by atoms with Crippen LogP contribution in [-0.2, 0) is 0 Å². The quantitative estimate of drug-likeness (QED) is 0.801. The van der Waals surface area contributed by atoms with Crippen molar-refractivity contribution < 1.29 is 5.11 Å². The predicted octanol–water partition coefficient (Wildman–Crippen LogP) is 2.50. The maximum absolute atomic E-state index is 10.0. The summed E-state index contributed by atoms with van der Waals surface area (Å²) in [5, 5.41) is 13.6. The van der Waals surface area contributed by atoms with Crippen LogP contribution in [-0.4, -0.2) is 16.7 Å². The lowest BCUT2D eigenvalue weighted by Crippen LogP contribution is -2.43. The first-order chi connectivity index (χ1) is 7.48. The van der Waals surface area contributed by atoms with E-state index in [1.54, 1.807) is 0 Å². The fourth-order valence-electron chi connectivity index (χ4n) is 2.53. The van der Waals surface area contributed by atoms with Gasteiger partial charge in [-0.1, -0.05) is 37.3 Å². The van der Waals surface area contributed by atoms with E-state index in [4.69, 9.17) is 0 Å². The number of aliphatic hydroxyl groups is 1. The van der Waals surface area contributed by atoms with Gasteiger partial charge in [0, 0.05) is 12.1 Å². The second-order valence-corrected chi connectivity index (χ2v) is 5.47. The second-order valence-electron chi connectivity index (χ2n) is 5.47. The van der Waals surface area contributed by atoms with Gasteiger partial charge < -0.3 is 10.4 Å². The number of rotatable bonds is 2. The Kier molecular flexibility index (Phi) is 3.04. The molecule has 1 aromatic rings. The summed E-state index contributed by atoms with van der Waals surface area (Å²) in [5.74, 6) is 0.568. The number of benzene rings is 1. The summed E-state index contributed by atoms with van der Waals surface area (Å²) in [6.45, 7) is 6.01. The third kappa shape index (κ3) is 2.28. The van der Waals surface area contributed by atoms with E-state index in [9.17, 15) is 5.11 Å². The fraction of sp³-hybridized carbons (Fsp3) is 0.571. The summed E-state index contributed by atoms with van der Waals surface area (Å²) in [6, 6.07) is 11.0. The lowest BCUT2D eigenvalue weighted by molar-refractivity contribution is 0.0426. The van der Waals surface area contributed by atoms with Gasteiger partial charge in [0.1, 0.15) is 0 Å². The third-order valence-electron chi connectivity index (χ3n) is 3.57. The van der Waals surface area contributed by atoms with Crippen LogP contribution in [0.15, 0.2) is 30.3 Å². The van der Waals surface area contributed by atoms with E-state index in [-0.39, 0.29) is 6.04 Å². The topological polar surface area (TPSA) is 32.3 Å². The third-order valence-corrected chi connectivity index (χ3v) is 3.57. The Bertz CT molecular complexity index is 342. The van der Waals surface area contributed by atoms with Crippen LogP contribution in [0.3, 0.4) is 0 Å². The van der Waals surface area contributed by atoms with Gasteiger partial charge in [-0.05, 0) is 31.7 Å². The standard InChI is InChI=1S/C14H21NO/c1-10-9-12(14(2,3)16)15-13(10)11-7-5-4-6-8-11/h4-8,10,12-13,15-16H,9H2,1-3H3/t10-,12?,13-/m0/s1. The molecule has 0 bridgehead atoms. The van der Waals surface area contributed by atoms with E-state index in [1.807, 2.05) is 19.9 Å². The van der Waals surface area contributed by atoms with Crippen molar-refractivity contribution in [2.75, 3.05) is 0 Å². The summed E-state index contributed by atoms with van der Waals surface area (Å²) >= 11 is 0.